The quantitative estimate of drug-likeness (QED) is 0.550. The van der Waals surface area contributed by atoms with Gasteiger partial charge in [0.25, 0.3) is 0 Å². The minimum Gasteiger partial charge on any atom is -0.136 e. The van der Waals surface area contributed by atoms with Gasteiger partial charge in [-0.25, -0.2) is 0 Å². The summed E-state index contributed by atoms with van der Waals surface area (Å²) in [5, 5.41) is 0. The van der Waals surface area contributed by atoms with E-state index in [2.05, 4.69) is 15.9 Å². The van der Waals surface area contributed by atoms with Crippen LogP contribution in [-0.4, -0.2) is 62.8 Å². The van der Waals surface area contributed by atoms with Gasteiger partial charge in [-0.1, -0.05) is 50.0 Å². The Morgan fingerprint density at radius 1 is 0.952 bits per heavy atom. The Kier molecular flexibility index (Phi) is 6.97. The summed E-state index contributed by atoms with van der Waals surface area (Å²) >= 11 is 3.26. The summed E-state index contributed by atoms with van der Waals surface area (Å²) in [6, 6.07) is 0. The first-order chi connectivity index (χ1) is 9.72. The lowest BCUT2D eigenvalue weighted by Crippen LogP contribution is -2.46. The van der Waals surface area contributed by atoms with E-state index in [0.29, 0.717) is 15.5 Å². The third-order valence-corrected chi connectivity index (χ3v) is 3.93. The predicted molar refractivity (Wildman–Crippen MR) is 103 cm³/mol. The van der Waals surface area contributed by atoms with E-state index < -0.39 is 11.6 Å². The van der Waals surface area contributed by atoms with Crippen molar-refractivity contribution in [2.75, 3.05) is 0 Å². The lowest BCUT2D eigenvalue weighted by molar-refractivity contribution is 1.02. The van der Waals surface area contributed by atoms with Crippen LogP contribution in [0, 0.1) is 0 Å². The molecule has 84 valence electrons. The molecule has 0 saturated heterocycles. The van der Waals surface area contributed by atoms with Crippen LogP contribution < -0.4 is 21.9 Å². The second-order valence-corrected chi connectivity index (χ2v) is 5.31. The minimum absolute atomic E-state index is 0.217. The Labute approximate surface area is 145 Å². The van der Waals surface area contributed by atoms with Crippen molar-refractivity contribution in [2.45, 2.75) is 11.6 Å². The van der Waals surface area contributed by atoms with Crippen molar-refractivity contribution in [1.82, 2.24) is 0 Å². The molecule has 0 aliphatic carbocycles. The number of allylic oxidation sites excluding steroid dienone is 2. The maximum absolute atomic E-state index is 5.97. The monoisotopic (exact) mass is 316 g/mol. The zero-order valence-electron chi connectivity index (χ0n) is 11.4. The van der Waals surface area contributed by atoms with Crippen LogP contribution in [0.25, 0.3) is 6.08 Å². The summed E-state index contributed by atoms with van der Waals surface area (Å²) in [5.74, 6) is 0.114. The molecule has 0 heterocycles. The largest absolute Gasteiger partial charge is 0.136 e. The molecule has 21 heavy (non-hydrogen) atoms. The van der Waals surface area contributed by atoms with Crippen LogP contribution in [0.5, 0.6) is 0 Å². The Bertz CT molecular complexity index is 566. The number of hydrogen-bond acceptors (Lipinski definition) is 0. The molecule has 0 spiro atoms. The Hall–Kier alpha value is -0.301. The molecule has 1 rings (SSSR count). The molecule has 0 amide bonds. The molecule has 0 fully saturated rings. The van der Waals surface area contributed by atoms with E-state index in [1.165, 1.54) is 18.1 Å². The number of halogens is 1. The molecule has 16 radical (unpaired) electrons. The maximum Gasteiger partial charge on any atom is 0.116 e. The van der Waals surface area contributed by atoms with Crippen molar-refractivity contribution in [3.8, 4) is 0 Å². The first-order valence-corrected chi connectivity index (χ1v) is 6.79. The van der Waals surface area contributed by atoms with Gasteiger partial charge in [-0.2, -0.15) is 0 Å². The van der Waals surface area contributed by atoms with Crippen LogP contribution in [0.15, 0.2) is 22.0 Å². The maximum atomic E-state index is 5.97. The zero-order chi connectivity index (χ0) is 16.3. The van der Waals surface area contributed by atoms with Crippen molar-refractivity contribution >= 4 is 107 Å². The smallest absolute Gasteiger partial charge is 0.116 e. The Balaban J connectivity index is 3.33. The third kappa shape index (κ3) is 4.12. The topological polar surface area (TPSA) is 0 Å². The van der Waals surface area contributed by atoms with Crippen molar-refractivity contribution < 1.29 is 0 Å². The highest BCUT2D eigenvalue weighted by atomic mass is 79.9. The predicted octanol–water partition coefficient (Wildman–Crippen LogP) is -2.27. The molecule has 0 bridgehead atoms. The van der Waals surface area contributed by atoms with Crippen LogP contribution in [0.1, 0.15) is 5.56 Å². The van der Waals surface area contributed by atoms with E-state index in [1.807, 2.05) is 0 Å². The zero-order valence-corrected chi connectivity index (χ0v) is 13.0. The highest BCUT2D eigenvalue weighted by Gasteiger charge is 2.13. The van der Waals surface area contributed by atoms with Crippen molar-refractivity contribution in [3.05, 3.63) is 27.6 Å². The lowest BCUT2D eigenvalue weighted by Gasteiger charge is -2.22. The van der Waals surface area contributed by atoms with Crippen molar-refractivity contribution in [3.63, 3.8) is 0 Å². The average molecular weight is 316 g/mol. The van der Waals surface area contributed by atoms with Crippen LogP contribution >= 0.6 is 15.9 Å². The van der Waals surface area contributed by atoms with Crippen LogP contribution in [0.2, 0.25) is 11.6 Å². The normalized spacial score (nSPS) is 15.2. The fourth-order valence-corrected chi connectivity index (χ4v) is 2.13. The van der Waals surface area contributed by atoms with Crippen molar-refractivity contribution in [1.29, 1.82) is 0 Å². The van der Waals surface area contributed by atoms with Crippen LogP contribution in [-0.2, 0) is 0 Å². The molecule has 0 aromatic heterocycles. The van der Waals surface area contributed by atoms with Gasteiger partial charge >= 0.3 is 0 Å². The Morgan fingerprint density at radius 2 is 1.52 bits per heavy atom. The lowest BCUT2D eigenvalue weighted by atomic mass is 9.58. The highest BCUT2D eigenvalue weighted by Crippen LogP contribution is 2.26. The van der Waals surface area contributed by atoms with Gasteiger partial charge in [-0.05, 0) is 5.56 Å². The van der Waals surface area contributed by atoms with Gasteiger partial charge in [0.05, 0.1) is 15.7 Å². The van der Waals surface area contributed by atoms with Gasteiger partial charge in [0, 0.05) is 4.47 Å². The van der Waals surface area contributed by atoms with E-state index in [4.69, 9.17) is 62.8 Å². The van der Waals surface area contributed by atoms with E-state index in [1.54, 1.807) is 0 Å². The second-order valence-electron chi connectivity index (χ2n) is 4.51. The molecule has 2 atom stereocenters. The summed E-state index contributed by atoms with van der Waals surface area (Å²) in [4.78, 5) is 0. The van der Waals surface area contributed by atoms with Gasteiger partial charge in [0.1, 0.15) is 47.1 Å². The molecule has 0 nitrogen and oxygen atoms in total. The molecular formula is C12H5B8Br. The van der Waals surface area contributed by atoms with Crippen LogP contribution in [0.4, 0.5) is 0 Å². The highest BCUT2D eigenvalue weighted by molar-refractivity contribution is 9.10. The number of benzene rings is 1. The van der Waals surface area contributed by atoms with Gasteiger partial charge in [0.2, 0.25) is 0 Å². The number of hydrogen-bond donors (Lipinski definition) is 0. The first-order valence-electron chi connectivity index (χ1n) is 6.00. The SMILES string of the molecule is [B]/C=C/C([B])C([B])/C([B])=C/c1c([B])c([B])c([B])c(Br)c1[B]. The van der Waals surface area contributed by atoms with E-state index in [-0.39, 0.29) is 21.9 Å². The molecule has 1 aromatic carbocycles. The molecule has 0 aliphatic rings. The van der Waals surface area contributed by atoms with E-state index in [0.717, 1.165) is 0 Å². The molecule has 0 saturated carbocycles. The molecule has 9 heteroatoms. The average Bonchev–Trinajstić information content (AvgIpc) is 2.46. The van der Waals surface area contributed by atoms with Gasteiger partial charge in [0.15, 0.2) is 0 Å². The van der Waals surface area contributed by atoms with Crippen molar-refractivity contribution in [2.24, 2.45) is 0 Å². The summed E-state index contributed by atoms with van der Waals surface area (Å²) in [5.41, 5.74) is 1.76. The fraction of sp³-hybridized carbons (Fsp3) is 0.167. The summed E-state index contributed by atoms with van der Waals surface area (Å²) in [7, 11) is 46.4. The first kappa shape index (κ1) is 18.7. The fourth-order valence-electron chi connectivity index (χ4n) is 1.71. The van der Waals surface area contributed by atoms with Gasteiger partial charge in [-0.3, -0.25) is 0 Å². The van der Waals surface area contributed by atoms with E-state index >= 15 is 0 Å². The molecular weight excluding hydrogens is 311 g/mol. The molecule has 1 aromatic rings. The molecule has 0 N–H and O–H groups in total. The summed E-state index contributed by atoms with van der Waals surface area (Å²) in [6.07, 6.45) is 3.06. The summed E-state index contributed by atoms with van der Waals surface area (Å²) < 4.78 is 0.452. The third-order valence-electron chi connectivity index (χ3n) is 3.08. The summed E-state index contributed by atoms with van der Waals surface area (Å²) in [6.45, 7) is 0. The standard InChI is InChI=1S/C12H5B8Br/c13-2-1-5(14)9(18)6(15)3-4-7(16)10(19)11(20)12(21)8(4)17/h1-3,5,9H/b2-1+,6-3-. The molecule has 0 aliphatic heterocycles. The Morgan fingerprint density at radius 3 is 2.05 bits per heavy atom. The number of rotatable bonds is 4. The van der Waals surface area contributed by atoms with Gasteiger partial charge in [-0.15, -0.1) is 23.0 Å². The molecule has 2 unspecified atom stereocenters. The van der Waals surface area contributed by atoms with Crippen LogP contribution in [0.3, 0.4) is 0 Å². The van der Waals surface area contributed by atoms with E-state index in [9.17, 15) is 0 Å². The van der Waals surface area contributed by atoms with Gasteiger partial charge < -0.3 is 0 Å². The second kappa shape index (κ2) is 7.81. The minimum atomic E-state index is -0.652.